The third kappa shape index (κ3) is 2.29. The summed E-state index contributed by atoms with van der Waals surface area (Å²) in [5.74, 6) is 0.956. The number of likely N-dealkylation sites (tertiary alicyclic amines) is 1. The Morgan fingerprint density at radius 1 is 1.43 bits per heavy atom. The standard InChI is InChI=1S/C12H24N2/c1-2-11-4-3-7-14(8-11)10-12(9-13)5-6-12/h11H,2-10,13H2,1H3. The number of piperidine rings is 1. The summed E-state index contributed by atoms with van der Waals surface area (Å²) in [7, 11) is 0. The molecule has 0 bridgehead atoms. The highest BCUT2D eigenvalue weighted by Gasteiger charge is 2.42. The maximum Gasteiger partial charge on any atom is 0.00502 e. The van der Waals surface area contributed by atoms with Crippen LogP contribution in [0.3, 0.4) is 0 Å². The average Bonchev–Trinajstić information content (AvgIpc) is 2.99. The maximum absolute atomic E-state index is 5.83. The van der Waals surface area contributed by atoms with Crippen LogP contribution >= 0.6 is 0 Å². The Kier molecular flexibility index (Phi) is 3.13. The van der Waals surface area contributed by atoms with Crippen molar-refractivity contribution in [2.24, 2.45) is 17.1 Å². The van der Waals surface area contributed by atoms with E-state index in [1.54, 1.807) is 0 Å². The highest BCUT2D eigenvalue weighted by molar-refractivity contribution is 4.96. The van der Waals surface area contributed by atoms with E-state index in [4.69, 9.17) is 5.73 Å². The molecule has 1 saturated carbocycles. The smallest absolute Gasteiger partial charge is 0.00502 e. The lowest BCUT2D eigenvalue weighted by molar-refractivity contribution is 0.144. The van der Waals surface area contributed by atoms with Crippen LogP contribution in [0.15, 0.2) is 0 Å². The van der Waals surface area contributed by atoms with Crippen molar-refractivity contribution in [3.8, 4) is 0 Å². The predicted octanol–water partition coefficient (Wildman–Crippen LogP) is 1.85. The van der Waals surface area contributed by atoms with E-state index in [-0.39, 0.29) is 0 Å². The molecule has 0 aromatic carbocycles. The zero-order valence-electron chi connectivity index (χ0n) is 9.47. The van der Waals surface area contributed by atoms with Crippen LogP contribution in [-0.4, -0.2) is 31.1 Å². The molecule has 1 aliphatic carbocycles. The summed E-state index contributed by atoms with van der Waals surface area (Å²) < 4.78 is 0. The summed E-state index contributed by atoms with van der Waals surface area (Å²) in [6, 6.07) is 0. The first kappa shape index (κ1) is 10.4. The van der Waals surface area contributed by atoms with Crippen molar-refractivity contribution in [2.45, 2.75) is 39.0 Å². The number of rotatable bonds is 4. The fourth-order valence-corrected chi connectivity index (χ4v) is 2.71. The lowest BCUT2D eigenvalue weighted by Crippen LogP contribution is -2.40. The molecule has 0 spiro atoms. The first-order valence-corrected chi connectivity index (χ1v) is 6.20. The van der Waals surface area contributed by atoms with Crippen molar-refractivity contribution in [3.63, 3.8) is 0 Å². The number of hydrogen-bond donors (Lipinski definition) is 1. The van der Waals surface area contributed by atoms with Crippen molar-refractivity contribution >= 4 is 0 Å². The Hall–Kier alpha value is -0.0800. The zero-order chi connectivity index (χ0) is 10.0. The normalized spacial score (nSPS) is 31.7. The molecule has 2 N–H and O–H groups in total. The average molecular weight is 196 g/mol. The minimum atomic E-state index is 0.537. The lowest BCUT2D eigenvalue weighted by Gasteiger charge is -2.34. The van der Waals surface area contributed by atoms with Crippen molar-refractivity contribution in [3.05, 3.63) is 0 Å². The van der Waals surface area contributed by atoms with E-state index in [0.717, 1.165) is 12.5 Å². The third-order valence-electron chi connectivity index (χ3n) is 4.13. The first-order chi connectivity index (χ1) is 6.78. The Morgan fingerprint density at radius 2 is 2.21 bits per heavy atom. The summed E-state index contributed by atoms with van der Waals surface area (Å²) in [6.07, 6.45) is 6.95. The van der Waals surface area contributed by atoms with Gasteiger partial charge in [0.05, 0.1) is 0 Å². The van der Waals surface area contributed by atoms with E-state index in [0.29, 0.717) is 5.41 Å². The third-order valence-corrected chi connectivity index (χ3v) is 4.13. The molecule has 2 fully saturated rings. The summed E-state index contributed by atoms with van der Waals surface area (Å²) in [6.45, 7) is 7.15. The second-order valence-electron chi connectivity index (χ2n) is 5.36. The van der Waals surface area contributed by atoms with E-state index in [1.807, 2.05) is 0 Å². The maximum atomic E-state index is 5.83. The van der Waals surface area contributed by atoms with Crippen molar-refractivity contribution < 1.29 is 0 Å². The van der Waals surface area contributed by atoms with Crippen molar-refractivity contribution in [1.82, 2.24) is 4.90 Å². The fraction of sp³-hybridized carbons (Fsp3) is 1.00. The highest BCUT2D eigenvalue weighted by atomic mass is 15.1. The number of nitrogens with zero attached hydrogens (tertiary/aromatic N) is 1. The quantitative estimate of drug-likeness (QED) is 0.743. The summed E-state index contributed by atoms with van der Waals surface area (Å²) >= 11 is 0. The summed E-state index contributed by atoms with van der Waals surface area (Å²) in [4.78, 5) is 2.66. The molecule has 1 unspecified atom stereocenters. The topological polar surface area (TPSA) is 29.3 Å². The van der Waals surface area contributed by atoms with Crippen LogP contribution in [0.5, 0.6) is 0 Å². The van der Waals surface area contributed by atoms with E-state index in [9.17, 15) is 0 Å². The van der Waals surface area contributed by atoms with Crippen molar-refractivity contribution in [1.29, 1.82) is 0 Å². The molecule has 0 aromatic heterocycles. The van der Waals surface area contributed by atoms with Gasteiger partial charge in [-0.1, -0.05) is 13.3 Å². The molecule has 2 nitrogen and oxygen atoms in total. The number of nitrogens with two attached hydrogens (primary N) is 1. The van der Waals surface area contributed by atoms with Crippen LogP contribution in [0.4, 0.5) is 0 Å². The van der Waals surface area contributed by atoms with Crippen LogP contribution in [-0.2, 0) is 0 Å². The van der Waals surface area contributed by atoms with Crippen LogP contribution in [0.1, 0.15) is 39.0 Å². The van der Waals surface area contributed by atoms with Gasteiger partial charge in [0.2, 0.25) is 0 Å². The van der Waals surface area contributed by atoms with Gasteiger partial charge in [-0.05, 0) is 50.1 Å². The molecule has 1 aliphatic heterocycles. The Labute approximate surface area is 87.8 Å². The van der Waals surface area contributed by atoms with Gasteiger partial charge in [0.25, 0.3) is 0 Å². The molecule has 0 radical (unpaired) electrons. The van der Waals surface area contributed by atoms with Gasteiger partial charge < -0.3 is 10.6 Å². The summed E-state index contributed by atoms with van der Waals surface area (Å²) in [5, 5.41) is 0. The monoisotopic (exact) mass is 196 g/mol. The summed E-state index contributed by atoms with van der Waals surface area (Å²) in [5.41, 5.74) is 6.36. The first-order valence-electron chi connectivity index (χ1n) is 6.20. The Bertz CT molecular complexity index is 187. The van der Waals surface area contributed by atoms with Crippen LogP contribution < -0.4 is 5.73 Å². The Balaban J connectivity index is 1.80. The molecule has 14 heavy (non-hydrogen) atoms. The molecule has 2 rings (SSSR count). The van der Waals surface area contributed by atoms with Gasteiger partial charge in [-0.2, -0.15) is 0 Å². The molecular formula is C12H24N2. The number of hydrogen-bond acceptors (Lipinski definition) is 2. The van der Waals surface area contributed by atoms with Gasteiger partial charge in [-0.25, -0.2) is 0 Å². The minimum absolute atomic E-state index is 0.537. The molecule has 2 heteroatoms. The minimum Gasteiger partial charge on any atom is -0.330 e. The SMILES string of the molecule is CCC1CCCN(CC2(CN)CC2)C1. The Morgan fingerprint density at radius 3 is 2.79 bits per heavy atom. The van der Waals surface area contributed by atoms with Gasteiger partial charge in [0, 0.05) is 13.1 Å². The van der Waals surface area contributed by atoms with Crippen LogP contribution in [0, 0.1) is 11.3 Å². The molecular weight excluding hydrogens is 172 g/mol. The largest absolute Gasteiger partial charge is 0.330 e. The van der Waals surface area contributed by atoms with Crippen LogP contribution in [0.25, 0.3) is 0 Å². The van der Waals surface area contributed by atoms with Crippen LogP contribution in [0.2, 0.25) is 0 Å². The molecule has 1 atom stereocenters. The molecule has 1 saturated heterocycles. The van der Waals surface area contributed by atoms with Gasteiger partial charge in [-0.3, -0.25) is 0 Å². The van der Waals surface area contributed by atoms with Gasteiger partial charge in [0.15, 0.2) is 0 Å². The molecule has 0 aromatic rings. The lowest BCUT2D eigenvalue weighted by atomic mass is 9.94. The van der Waals surface area contributed by atoms with E-state index < -0.39 is 0 Å². The van der Waals surface area contributed by atoms with E-state index >= 15 is 0 Å². The van der Waals surface area contributed by atoms with E-state index in [2.05, 4.69) is 11.8 Å². The van der Waals surface area contributed by atoms with Gasteiger partial charge in [0.1, 0.15) is 0 Å². The molecule has 82 valence electrons. The second-order valence-corrected chi connectivity index (χ2v) is 5.36. The van der Waals surface area contributed by atoms with Gasteiger partial charge in [-0.15, -0.1) is 0 Å². The molecule has 1 heterocycles. The highest BCUT2D eigenvalue weighted by Crippen LogP contribution is 2.45. The predicted molar refractivity (Wildman–Crippen MR) is 60.2 cm³/mol. The van der Waals surface area contributed by atoms with Crippen molar-refractivity contribution in [2.75, 3.05) is 26.2 Å². The van der Waals surface area contributed by atoms with Gasteiger partial charge >= 0.3 is 0 Å². The molecule has 2 aliphatic rings. The molecule has 0 amide bonds. The zero-order valence-corrected chi connectivity index (χ0v) is 9.47. The second kappa shape index (κ2) is 4.19. The van der Waals surface area contributed by atoms with E-state index in [1.165, 1.54) is 51.7 Å². The fourth-order valence-electron chi connectivity index (χ4n) is 2.71.